The van der Waals surface area contributed by atoms with Crippen molar-refractivity contribution in [3.05, 3.63) is 11.7 Å². The minimum absolute atomic E-state index is 0.268. The molecule has 1 aliphatic rings. The van der Waals surface area contributed by atoms with Gasteiger partial charge < -0.3 is 9.26 Å². The van der Waals surface area contributed by atoms with E-state index in [1.807, 2.05) is 11.8 Å². The second-order valence-electron chi connectivity index (χ2n) is 5.43. The highest BCUT2D eigenvalue weighted by molar-refractivity contribution is 7.99. The SMILES string of the molecule is CCOC(=O)C(CC(C)C)c1nc(C2CCCS2)no1. The largest absolute Gasteiger partial charge is 0.465 e. The molecule has 1 fully saturated rings. The zero-order chi connectivity index (χ0) is 14.5. The van der Waals surface area contributed by atoms with E-state index in [-0.39, 0.29) is 5.97 Å². The first-order valence-corrected chi connectivity index (χ1v) is 8.28. The van der Waals surface area contributed by atoms with Crippen LogP contribution in [0.5, 0.6) is 0 Å². The molecule has 0 N–H and O–H groups in total. The Bertz CT molecular complexity index is 441. The van der Waals surface area contributed by atoms with Gasteiger partial charge in [-0.2, -0.15) is 16.7 Å². The first-order valence-electron chi connectivity index (χ1n) is 7.23. The molecule has 1 aromatic rings. The van der Waals surface area contributed by atoms with Crippen LogP contribution in [0.15, 0.2) is 4.52 Å². The maximum atomic E-state index is 12.1. The normalized spacial score (nSPS) is 20.3. The van der Waals surface area contributed by atoms with Crippen LogP contribution in [0.3, 0.4) is 0 Å². The minimum atomic E-state index is -0.442. The van der Waals surface area contributed by atoms with Crippen molar-refractivity contribution in [1.29, 1.82) is 0 Å². The Kier molecular flexibility index (Phi) is 5.46. The van der Waals surface area contributed by atoms with Gasteiger partial charge in [0.05, 0.1) is 11.9 Å². The van der Waals surface area contributed by atoms with Gasteiger partial charge in [0.15, 0.2) is 5.82 Å². The Morgan fingerprint density at radius 1 is 1.55 bits per heavy atom. The van der Waals surface area contributed by atoms with Gasteiger partial charge in [-0.25, -0.2) is 0 Å². The minimum Gasteiger partial charge on any atom is -0.465 e. The topological polar surface area (TPSA) is 65.2 Å². The molecule has 0 saturated carbocycles. The van der Waals surface area contributed by atoms with Crippen LogP contribution < -0.4 is 0 Å². The van der Waals surface area contributed by atoms with E-state index in [2.05, 4.69) is 24.0 Å². The molecule has 0 aliphatic carbocycles. The average Bonchev–Trinajstić information content (AvgIpc) is 3.06. The van der Waals surface area contributed by atoms with Crippen molar-refractivity contribution in [1.82, 2.24) is 10.1 Å². The van der Waals surface area contributed by atoms with E-state index in [0.29, 0.717) is 30.1 Å². The van der Waals surface area contributed by atoms with Crippen molar-refractivity contribution < 1.29 is 14.1 Å². The lowest BCUT2D eigenvalue weighted by Gasteiger charge is -2.13. The molecule has 1 aliphatic heterocycles. The van der Waals surface area contributed by atoms with E-state index >= 15 is 0 Å². The summed E-state index contributed by atoms with van der Waals surface area (Å²) in [6.45, 7) is 6.30. The van der Waals surface area contributed by atoms with Crippen LogP contribution in [0.4, 0.5) is 0 Å². The molecule has 0 radical (unpaired) electrons. The highest BCUT2D eigenvalue weighted by atomic mass is 32.2. The van der Waals surface area contributed by atoms with Crippen molar-refractivity contribution in [2.45, 2.75) is 51.2 Å². The molecule has 0 aromatic carbocycles. The van der Waals surface area contributed by atoms with Crippen molar-refractivity contribution in [3.63, 3.8) is 0 Å². The lowest BCUT2D eigenvalue weighted by molar-refractivity contribution is -0.146. The quantitative estimate of drug-likeness (QED) is 0.751. The fourth-order valence-corrected chi connectivity index (χ4v) is 3.51. The highest BCUT2D eigenvalue weighted by Gasteiger charge is 2.31. The van der Waals surface area contributed by atoms with Gasteiger partial charge in [0.25, 0.3) is 0 Å². The Hall–Kier alpha value is -1.04. The Morgan fingerprint density at radius 2 is 2.35 bits per heavy atom. The number of carbonyl (C=O) groups excluding carboxylic acids is 1. The lowest BCUT2D eigenvalue weighted by Crippen LogP contribution is -2.18. The summed E-state index contributed by atoms with van der Waals surface area (Å²) in [4.78, 5) is 16.5. The Morgan fingerprint density at radius 3 is 2.95 bits per heavy atom. The summed E-state index contributed by atoms with van der Waals surface area (Å²) in [5, 5.41) is 4.37. The van der Waals surface area contributed by atoms with Crippen molar-refractivity contribution in [2.75, 3.05) is 12.4 Å². The first kappa shape index (κ1) is 15.4. The first-order chi connectivity index (χ1) is 9.61. The highest BCUT2D eigenvalue weighted by Crippen LogP contribution is 2.39. The number of esters is 1. The third-order valence-electron chi connectivity index (χ3n) is 3.25. The van der Waals surface area contributed by atoms with E-state index in [9.17, 15) is 4.79 Å². The molecule has 2 heterocycles. The zero-order valence-electron chi connectivity index (χ0n) is 12.3. The molecule has 1 aromatic heterocycles. The fourth-order valence-electron chi connectivity index (χ4n) is 2.31. The third kappa shape index (κ3) is 3.75. The van der Waals surface area contributed by atoms with Crippen LogP contribution >= 0.6 is 11.8 Å². The van der Waals surface area contributed by atoms with Crippen LogP contribution in [0.25, 0.3) is 0 Å². The van der Waals surface area contributed by atoms with Crippen molar-refractivity contribution >= 4 is 17.7 Å². The summed E-state index contributed by atoms with van der Waals surface area (Å²) in [5.74, 6) is 1.92. The number of hydrogen-bond acceptors (Lipinski definition) is 6. The predicted octanol–water partition coefficient (Wildman–Crippen LogP) is 3.33. The zero-order valence-corrected chi connectivity index (χ0v) is 13.1. The number of thioether (sulfide) groups is 1. The number of hydrogen-bond donors (Lipinski definition) is 0. The smallest absolute Gasteiger partial charge is 0.318 e. The summed E-state index contributed by atoms with van der Waals surface area (Å²) in [5.41, 5.74) is 0. The molecule has 2 unspecified atom stereocenters. The van der Waals surface area contributed by atoms with E-state index in [1.54, 1.807) is 6.92 Å². The van der Waals surface area contributed by atoms with E-state index in [1.165, 1.54) is 6.42 Å². The summed E-state index contributed by atoms with van der Waals surface area (Å²) in [7, 11) is 0. The van der Waals surface area contributed by atoms with Gasteiger partial charge in [-0.1, -0.05) is 19.0 Å². The molecule has 2 rings (SSSR count). The van der Waals surface area contributed by atoms with Gasteiger partial charge >= 0.3 is 5.97 Å². The summed E-state index contributed by atoms with van der Waals surface area (Å²) in [6.07, 6.45) is 2.93. The van der Waals surface area contributed by atoms with Crippen molar-refractivity contribution in [3.8, 4) is 0 Å². The molecule has 5 nitrogen and oxygen atoms in total. The van der Waals surface area contributed by atoms with E-state index in [0.717, 1.165) is 18.0 Å². The van der Waals surface area contributed by atoms with Gasteiger partial charge in [0, 0.05) is 0 Å². The molecule has 0 amide bonds. The summed E-state index contributed by atoms with van der Waals surface area (Å²) < 4.78 is 10.5. The summed E-state index contributed by atoms with van der Waals surface area (Å²) >= 11 is 1.85. The van der Waals surface area contributed by atoms with Crippen LogP contribution in [0.1, 0.15) is 62.9 Å². The third-order valence-corrected chi connectivity index (χ3v) is 4.62. The summed E-state index contributed by atoms with van der Waals surface area (Å²) in [6, 6.07) is 0. The predicted molar refractivity (Wildman–Crippen MR) is 77.6 cm³/mol. The maximum Gasteiger partial charge on any atom is 0.318 e. The number of ether oxygens (including phenoxy) is 1. The molecular weight excluding hydrogens is 276 g/mol. The number of carbonyl (C=O) groups is 1. The second-order valence-corrected chi connectivity index (χ2v) is 6.74. The van der Waals surface area contributed by atoms with Crippen LogP contribution in [-0.4, -0.2) is 28.5 Å². The Balaban J connectivity index is 2.13. The Labute approximate surface area is 123 Å². The fraction of sp³-hybridized carbons (Fsp3) is 0.786. The monoisotopic (exact) mass is 298 g/mol. The molecule has 20 heavy (non-hydrogen) atoms. The second kappa shape index (κ2) is 7.11. The molecule has 2 atom stereocenters. The van der Waals surface area contributed by atoms with Crippen LogP contribution in [0, 0.1) is 5.92 Å². The van der Waals surface area contributed by atoms with E-state index in [4.69, 9.17) is 9.26 Å². The standard InChI is InChI=1S/C14H22N2O3S/c1-4-18-14(17)10(8-9(2)3)13-15-12(16-19-13)11-6-5-7-20-11/h9-11H,4-8H2,1-3H3. The molecule has 1 saturated heterocycles. The van der Waals surface area contributed by atoms with Gasteiger partial charge in [-0.05, 0) is 37.9 Å². The average molecular weight is 298 g/mol. The number of aromatic nitrogens is 2. The molecule has 0 bridgehead atoms. The molecule has 6 heteroatoms. The molecule has 112 valence electrons. The number of nitrogens with zero attached hydrogens (tertiary/aromatic N) is 2. The van der Waals surface area contributed by atoms with Gasteiger partial charge in [0.1, 0.15) is 5.92 Å². The van der Waals surface area contributed by atoms with E-state index < -0.39 is 5.92 Å². The number of rotatable bonds is 6. The van der Waals surface area contributed by atoms with Crippen LogP contribution in [0.2, 0.25) is 0 Å². The van der Waals surface area contributed by atoms with Crippen LogP contribution in [-0.2, 0) is 9.53 Å². The molecular formula is C14H22N2O3S. The van der Waals surface area contributed by atoms with Gasteiger partial charge in [-0.15, -0.1) is 0 Å². The van der Waals surface area contributed by atoms with Crippen molar-refractivity contribution in [2.24, 2.45) is 5.92 Å². The van der Waals surface area contributed by atoms with Gasteiger partial charge in [0.2, 0.25) is 5.89 Å². The van der Waals surface area contributed by atoms with Gasteiger partial charge in [-0.3, -0.25) is 4.79 Å². The lowest BCUT2D eigenvalue weighted by atomic mass is 9.97. The molecule has 0 spiro atoms. The maximum absolute atomic E-state index is 12.1.